The predicted molar refractivity (Wildman–Crippen MR) is 75.1 cm³/mol. The number of ether oxygens (including phenoxy) is 1. The first kappa shape index (κ1) is 12.8. The van der Waals surface area contributed by atoms with Gasteiger partial charge >= 0.3 is 0 Å². The zero-order valence-electron chi connectivity index (χ0n) is 10.7. The fraction of sp³-hybridized carbons (Fsp3) is 0.571. The van der Waals surface area contributed by atoms with Crippen LogP contribution in [0.4, 0.5) is 0 Å². The van der Waals surface area contributed by atoms with Crippen LogP contribution in [0, 0.1) is 0 Å². The van der Waals surface area contributed by atoms with E-state index in [9.17, 15) is 0 Å². The van der Waals surface area contributed by atoms with E-state index in [0.29, 0.717) is 6.04 Å². The lowest BCUT2D eigenvalue weighted by Crippen LogP contribution is -2.12. The molecule has 0 saturated heterocycles. The first-order chi connectivity index (χ1) is 8.36. The molecular weight excluding hydrogens is 230 g/mol. The third-order valence-electron chi connectivity index (χ3n) is 3.33. The van der Waals surface area contributed by atoms with E-state index in [2.05, 4.69) is 29.8 Å². The van der Waals surface area contributed by atoms with Crippen molar-refractivity contribution in [3.8, 4) is 5.75 Å². The van der Waals surface area contributed by atoms with Gasteiger partial charge in [-0.05, 0) is 55.5 Å². The Labute approximate surface area is 108 Å². The number of thioether (sulfide) groups is 1. The summed E-state index contributed by atoms with van der Waals surface area (Å²) in [4.78, 5) is 0. The van der Waals surface area contributed by atoms with Gasteiger partial charge in [0.15, 0.2) is 0 Å². The molecule has 3 heteroatoms. The molecule has 0 bridgehead atoms. The Bertz CT molecular complexity index is 367. The number of hydrogen-bond donors (Lipinski definition) is 1. The highest BCUT2D eigenvalue weighted by Crippen LogP contribution is 2.36. The van der Waals surface area contributed by atoms with E-state index in [1.165, 1.54) is 23.3 Å². The highest BCUT2D eigenvalue weighted by Gasteiger charge is 2.23. The summed E-state index contributed by atoms with van der Waals surface area (Å²) in [5.74, 6) is 2.27. The molecule has 0 radical (unpaired) electrons. The summed E-state index contributed by atoms with van der Waals surface area (Å²) in [6, 6.07) is 6.95. The second-order valence-corrected chi connectivity index (χ2v) is 5.38. The molecule has 94 valence electrons. The van der Waals surface area contributed by atoms with Gasteiger partial charge in [-0.25, -0.2) is 0 Å². The van der Waals surface area contributed by atoms with Gasteiger partial charge in [-0.2, -0.15) is 11.8 Å². The maximum Gasteiger partial charge on any atom is 0.122 e. The Morgan fingerprint density at radius 3 is 3.12 bits per heavy atom. The minimum atomic E-state index is 0.514. The lowest BCUT2D eigenvalue weighted by atomic mass is 10.1. The summed E-state index contributed by atoms with van der Waals surface area (Å²) in [5, 5.41) is 3.36. The van der Waals surface area contributed by atoms with Crippen LogP contribution < -0.4 is 10.1 Å². The van der Waals surface area contributed by atoms with Crippen LogP contribution in [-0.2, 0) is 6.42 Å². The molecule has 1 unspecified atom stereocenters. The second kappa shape index (κ2) is 6.31. The quantitative estimate of drug-likeness (QED) is 0.785. The standard InChI is InChI=1S/C14H21NOS/c1-15-13-8-7-12-11(13)5-3-6-14(12)16-9-4-10-17-2/h3,5-6,13,15H,4,7-10H2,1-2H3. The minimum absolute atomic E-state index is 0.514. The van der Waals surface area contributed by atoms with Crippen LogP contribution in [0.5, 0.6) is 5.75 Å². The normalized spacial score (nSPS) is 18.1. The predicted octanol–water partition coefficient (Wildman–Crippen LogP) is 3.03. The van der Waals surface area contributed by atoms with Crippen molar-refractivity contribution in [2.45, 2.75) is 25.3 Å². The highest BCUT2D eigenvalue weighted by atomic mass is 32.2. The molecule has 0 saturated carbocycles. The molecule has 1 aliphatic rings. The average molecular weight is 251 g/mol. The molecule has 0 aromatic heterocycles. The molecule has 1 N–H and O–H groups in total. The van der Waals surface area contributed by atoms with Crippen molar-refractivity contribution < 1.29 is 4.74 Å². The molecule has 2 rings (SSSR count). The average Bonchev–Trinajstić information content (AvgIpc) is 2.78. The Morgan fingerprint density at radius 1 is 1.47 bits per heavy atom. The van der Waals surface area contributed by atoms with Gasteiger partial charge in [0, 0.05) is 6.04 Å². The summed E-state index contributed by atoms with van der Waals surface area (Å²) in [6.45, 7) is 0.835. The Kier molecular flexibility index (Phi) is 4.75. The van der Waals surface area contributed by atoms with E-state index in [1.807, 2.05) is 18.8 Å². The SMILES string of the molecule is CNC1CCc2c(OCCCSC)cccc21. The Morgan fingerprint density at radius 2 is 2.35 bits per heavy atom. The number of nitrogens with one attached hydrogen (secondary N) is 1. The van der Waals surface area contributed by atoms with Gasteiger partial charge in [-0.3, -0.25) is 0 Å². The largest absolute Gasteiger partial charge is 0.493 e. The van der Waals surface area contributed by atoms with Gasteiger partial charge in [0.25, 0.3) is 0 Å². The third kappa shape index (κ3) is 2.96. The van der Waals surface area contributed by atoms with Gasteiger partial charge in [0.1, 0.15) is 5.75 Å². The van der Waals surface area contributed by atoms with Crippen molar-refractivity contribution in [3.05, 3.63) is 29.3 Å². The molecule has 0 spiro atoms. The molecule has 0 amide bonds. The summed E-state index contributed by atoms with van der Waals surface area (Å²) < 4.78 is 5.90. The monoisotopic (exact) mass is 251 g/mol. The van der Waals surface area contributed by atoms with Crippen LogP contribution in [0.15, 0.2) is 18.2 Å². The summed E-state index contributed by atoms with van der Waals surface area (Å²) in [7, 11) is 2.03. The van der Waals surface area contributed by atoms with E-state index in [-0.39, 0.29) is 0 Å². The summed E-state index contributed by atoms with van der Waals surface area (Å²) >= 11 is 1.88. The maximum atomic E-state index is 5.90. The van der Waals surface area contributed by atoms with E-state index in [0.717, 1.165) is 25.2 Å². The summed E-state index contributed by atoms with van der Waals surface area (Å²) in [5.41, 5.74) is 2.84. The number of fused-ring (bicyclic) bond motifs is 1. The molecule has 0 heterocycles. The second-order valence-electron chi connectivity index (χ2n) is 4.40. The smallest absolute Gasteiger partial charge is 0.122 e. The van der Waals surface area contributed by atoms with Crippen molar-refractivity contribution >= 4 is 11.8 Å². The molecule has 0 aliphatic heterocycles. The van der Waals surface area contributed by atoms with Crippen molar-refractivity contribution in [2.24, 2.45) is 0 Å². The van der Waals surface area contributed by atoms with Crippen molar-refractivity contribution in [1.29, 1.82) is 0 Å². The molecule has 1 aliphatic carbocycles. The molecule has 1 aromatic carbocycles. The van der Waals surface area contributed by atoms with Crippen LogP contribution in [0.25, 0.3) is 0 Å². The molecule has 1 atom stereocenters. The van der Waals surface area contributed by atoms with E-state index in [1.54, 1.807) is 0 Å². The minimum Gasteiger partial charge on any atom is -0.493 e. The molecule has 1 aromatic rings. The van der Waals surface area contributed by atoms with Gasteiger partial charge in [0.2, 0.25) is 0 Å². The summed E-state index contributed by atoms with van der Waals surface area (Å²) in [6.07, 6.45) is 5.59. The van der Waals surface area contributed by atoms with Crippen molar-refractivity contribution in [2.75, 3.05) is 25.7 Å². The van der Waals surface area contributed by atoms with Crippen molar-refractivity contribution in [3.63, 3.8) is 0 Å². The zero-order valence-corrected chi connectivity index (χ0v) is 11.5. The van der Waals surface area contributed by atoms with Crippen LogP contribution >= 0.6 is 11.8 Å². The lowest BCUT2D eigenvalue weighted by molar-refractivity contribution is 0.316. The Balaban J connectivity index is 2.01. The number of hydrogen-bond acceptors (Lipinski definition) is 3. The molecule has 17 heavy (non-hydrogen) atoms. The third-order valence-corrected chi connectivity index (χ3v) is 4.02. The van der Waals surface area contributed by atoms with Crippen LogP contribution in [0.3, 0.4) is 0 Å². The first-order valence-corrected chi connectivity index (χ1v) is 7.67. The molecule has 2 nitrogen and oxygen atoms in total. The Hall–Kier alpha value is -0.670. The molecule has 0 fully saturated rings. The lowest BCUT2D eigenvalue weighted by Gasteiger charge is -2.13. The van der Waals surface area contributed by atoms with E-state index in [4.69, 9.17) is 4.74 Å². The fourth-order valence-corrected chi connectivity index (χ4v) is 2.85. The first-order valence-electron chi connectivity index (χ1n) is 6.27. The fourth-order valence-electron chi connectivity index (χ4n) is 2.44. The topological polar surface area (TPSA) is 21.3 Å². The van der Waals surface area contributed by atoms with Gasteiger partial charge in [0.05, 0.1) is 6.61 Å². The molecular formula is C14H21NOS. The van der Waals surface area contributed by atoms with Gasteiger partial charge < -0.3 is 10.1 Å². The van der Waals surface area contributed by atoms with E-state index >= 15 is 0 Å². The highest BCUT2D eigenvalue weighted by molar-refractivity contribution is 7.98. The number of benzene rings is 1. The maximum absolute atomic E-state index is 5.90. The van der Waals surface area contributed by atoms with E-state index < -0.39 is 0 Å². The van der Waals surface area contributed by atoms with Crippen LogP contribution in [0.2, 0.25) is 0 Å². The van der Waals surface area contributed by atoms with Crippen LogP contribution in [-0.4, -0.2) is 25.7 Å². The zero-order chi connectivity index (χ0) is 12.1. The number of rotatable bonds is 6. The van der Waals surface area contributed by atoms with Gasteiger partial charge in [-0.15, -0.1) is 0 Å². The van der Waals surface area contributed by atoms with Gasteiger partial charge in [-0.1, -0.05) is 12.1 Å². The van der Waals surface area contributed by atoms with Crippen LogP contribution in [0.1, 0.15) is 30.0 Å². The van der Waals surface area contributed by atoms with Crippen molar-refractivity contribution in [1.82, 2.24) is 5.32 Å².